The maximum absolute atomic E-state index is 13.3. The summed E-state index contributed by atoms with van der Waals surface area (Å²) in [4.78, 5) is 11.4. The third kappa shape index (κ3) is 3.61. The number of aromatic amines is 1. The fourth-order valence-corrected chi connectivity index (χ4v) is 3.44. The van der Waals surface area contributed by atoms with Gasteiger partial charge >= 0.3 is 0 Å². The molecule has 0 saturated heterocycles. The van der Waals surface area contributed by atoms with Crippen LogP contribution in [-0.4, -0.2) is 31.6 Å². The van der Waals surface area contributed by atoms with E-state index in [1.54, 1.807) is 18.2 Å². The van der Waals surface area contributed by atoms with Gasteiger partial charge in [-0.25, -0.2) is 12.8 Å². The summed E-state index contributed by atoms with van der Waals surface area (Å²) in [6.45, 7) is 0. The largest absolute Gasteiger partial charge is 0.359 e. The minimum atomic E-state index is -3.93. The van der Waals surface area contributed by atoms with Gasteiger partial charge in [-0.3, -0.25) is 14.6 Å². The van der Waals surface area contributed by atoms with E-state index < -0.39 is 15.8 Å². The molecule has 25 heavy (non-hydrogen) atoms. The number of sulfonamides is 1. The highest BCUT2D eigenvalue weighted by Crippen LogP contribution is 2.23. The molecule has 3 N–H and O–H groups in total. The Labute approximate surface area is 143 Å². The molecule has 0 saturated carbocycles. The summed E-state index contributed by atoms with van der Waals surface area (Å²) in [6.07, 6.45) is 0.0904. The minimum Gasteiger partial charge on any atom is -0.359 e. The van der Waals surface area contributed by atoms with Gasteiger partial charge in [0.1, 0.15) is 5.82 Å². The molecule has 0 unspecified atom stereocenters. The van der Waals surface area contributed by atoms with E-state index in [9.17, 15) is 17.6 Å². The number of benzene rings is 2. The number of carbonyl (C=O) groups is 1. The Morgan fingerprint density at radius 2 is 2.04 bits per heavy atom. The van der Waals surface area contributed by atoms with Crippen molar-refractivity contribution < 1.29 is 17.6 Å². The molecule has 9 heteroatoms. The van der Waals surface area contributed by atoms with Crippen molar-refractivity contribution >= 4 is 32.5 Å². The molecule has 0 aliphatic carbocycles. The number of nitrogens with zero attached hydrogens (tertiary/aromatic N) is 1. The van der Waals surface area contributed by atoms with Gasteiger partial charge < -0.3 is 5.32 Å². The Kier molecular flexibility index (Phi) is 4.41. The number of aromatic nitrogens is 2. The molecule has 1 heterocycles. The van der Waals surface area contributed by atoms with Crippen LogP contribution in [0.2, 0.25) is 0 Å². The zero-order valence-electron chi connectivity index (χ0n) is 13.2. The van der Waals surface area contributed by atoms with Gasteiger partial charge in [0, 0.05) is 18.1 Å². The first-order valence-electron chi connectivity index (χ1n) is 7.35. The predicted molar refractivity (Wildman–Crippen MR) is 91.1 cm³/mol. The van der Waals surface area contributed by atoms with Crippen LogP contribution in [0.3, 0.4) is 0 Å². The van der Waals surface area contributed by atoms with Gasteiger partial charge in [0.15, 0.2) is 0 Å². The van der Waals surface area contributed by atoms with Crippen molar-refractivity contribution in [1.29, 1.82) is 0 Å². The van der Waals surface area contributed by atoms with Gasteiger partial charge in [-0.2, -0.15) is 5.10 Å². The summed E-state index contributed by atoms with van der Waals surface area (Å²) in [7, 11) is -2.40. The maximum atomic E-state index is 13.3. The number of likely N-dealkylation sites (N-methyl/N-ethyl adjacent to an activating group) is 1. The molecule has 0 bridgehead atoms. The fourth-order valence-electron chi connectivity index (χ4n) is 2.36. The molecule has 0 radical (unpaired) electrons. The molecule has 1 aromatic heterocycles. The summed E-state index contributed by atoms with van der Waals surface area (Å²) in [5.74, 6) is -0.836. The molecule has 1 amide bonds. The molecule has 130 valence electrons. The summed E-state index contributed by atoms with van der Waals surface area (Å²) in [5, 5.41) is 9.99. The highest BCUT2D eigenvalue weighted by atomic mass is 32.2. The van der Waals surface area contributed by atoms with E-state index in [1.807, 2.05) is 0 Å². The van der Waals surface area contributed by atoms with Crippen molar-refractivity contribution in [1.82, 2.24) is 15.5 Å². The molecule has 0 aliphatic heterocycles. The second-order valence-electron chi connectivity index (χ2n) is 5.35. The third-order valence-corrected chi connectivity index (χ3v) is 4.99. The van der Waals surface area contributed by atoms with Gasteiger partial charge in [0.2, 0.25) is 5.91 Å². The van der Waals surface area contributed by atoms with Crippen LogP contribution in [0, 0.1) is 5.82 Å². The summed E-state index contributed by atoms with van der Waals surface area (Å²) in [6, 6.07) is 9.49. The quantitative estimate of drug-likeness (QED) is 0.644. The number of carbonyl (C=O) groups excluding carboxylic acids is 1. The Morgan fingerprint density at radius 3 is 2.76 bits per heavy atom. The third-order valence-electron chi connectivity index (χ3n) is 3.61. The van der Waals surface area contributed by atoms with Crippen LogP contribution in [0.25, 0.3) is 10.9 Å². The van der Waals surface area contributed by atoms with E-state index in [0.717, 1.165) is 6.07 Å². The van der Waals surface area contributed by atoms with E-state index in [4.69, 9.17) is 0 Å². The highest BCUT2D eigenvalue weighted by molar-refractivity contribution is 7.92. The van der Waals surface area contributed by atoms with Crippen LogP contribution in [0.15, 0.2) is 47.4 Å². The number of anilines is 1. The normalized spacial score (nSPS) is 11.4. The van der Waals surface area contributed by atoms with Crippen LogP contribution in [0.4, 0.5) is 10.1 Å². The van der Waals surface area contributed by atoms with Crippen LogP contribution >= 0.6 is 0 Å². The number of hydrogen-bond acceptors (Lipinski definition) is 4. The number of H-pyrrole nitrogens is 1. The van der Waals surface area contributed by atoms with Crippen molar-refractivity contribution in [3.8, 4) is 0 Å². The van der Waals surface area contributed by atoms with Crippen LogP contribution in [-0.2, 0) is 21.2 Å². The summed E-state index contributed by atoms with van der Waals surface area (Å²) in [5.41, 5.74) is 1.46. The van der Waals surface area contributed by atoms with Crippen molar-refractivity contribution in [3.05, 3.63) is 54.0 Å². The predicted octanol–water partition coefficient (Wildman–Crippen LogP) is 1.79. The molecule has 2 aromatic carbocycles. The van der Waals surface area contributed by atoms with Crippen LogP contribution < -0.4 is 10.0 Å². The molecule has 0 spiro atoms. The number of halogens is 1. The number of hydrogen-bond donors (Lipinski definition) is 3. The van der Waals surface area contributed by atoms with E-state index >= 15 is 0 Å². The molecule has 3 rings (SSSR count). The van der Waals surface area contributed by atoms with Crippen molar-refractivity contribution in [2.24, 2.45) is 0 Å². The molecule has 3 aromatic rings. The van der Waals surface area contributed by atoms with Crippen LogP contribution in [0.1, 0.15) is 5.69 Å². The second kappa shape index (κ2) is 6.52. The smallest absolute Gasteiger partial charge is 0.261 e. The fraction of sp³-hybridized carbons (Fsp3) is 0.125. The molecular weight excluding hydrogens is 347 g/mol. The highest BCUT2D eigenvalue weighted by Gasteiger charge is 2.16. The lowest BCUT2D eigenvalue weighted by Gasteiger charge is -2.08. The summed E-state index contributed by atoms with van der Waals surface area (Å²) >= 11 is 0. The average Bonchev–Trinajstić information content (AvgIpc) is 2.96. The Balaban J connectivity index is 1.93. The Bertz CT molecular complexity index is 1050. The molecule has 0 fully saturated rings. The monoisotopic (exact) mass is 362 g/mol. The Morgan fingerprint density at radius 1 is 1.24 bits per heavy atom. The van der Waals surface area contributed by atoms with Crippen molar-refractivity contribution in [2.45, 2.75) is 11.3 Å². The van der Waals surface area contributed by atoms with Gasteiger partial charge in [-0.1, -0.05) is 6.07 Å². The molecule has 0 aliphatic rings. The maximum Gasteiger partial charge on any atom is 0.261 e. The molecular formula is C16H15FN4O3S. The lowest BCUT2D eigenvalue weighted by atomic mass is 10.1. The number of rotatable bonds is 5. The van der Waals surface area contributed by atoms with Crippen LogP contribution in [0.5, 0.6) is 0 Å². The van der Waals surface area contributed by atoms with Gasteiger partial charge in [0.25, 0.3) is 10.0 Å². The second-order valence-corrected chi connectivity index (χ2v) is 7.03. The number of fused-ring (bicyclic) bond motifs is 1. The van der Waals surface area contributed by atoms with Crippen molar-refractivity contribution in [2.75, 3.05) is 11.8 Å². The SMILES string of the molecule is CNC(=O)Cc1[nH]nc2ccc(NS(=O)(=O)c3cccc(F)c3)cc12. The standard InChI is InChI=1S/C16H15FN4O3S/c1-18-16(22)9-15-13-8-11(5-6-14(13)19-20-15)21-25(23,24)12-4-2-3-10(17)7-12/h2-8,21H,9H2,1H3,(H,18,22)(H,19,20). The van der Waals surface area contributed by atoms with E-state index in [0.29, 0.717) is 16.6 Å². The van der Waals surface area contributed by atoms with E-state index in [1.165, 1.54) is 25.2 Å². The van der Waals surface area contributed by atoms with E-state index in [2.05, 4.69) is 20.2 Å². The minimum absolute atomic E-state index is 0.0904. The van der Waals surface area contributed by atoms with Gasteiger partial charge in [0.05, 0.1) is 22.5 Å². The first kappa shape index (κ1) is 16.9. The zero-order chi connectivity index (χ0) is 18.0. The number of amides is 1. The first-order chi connectivity index (χ1) is 11.9. The average molecular weight is 362 g/mol. The summed E-state index contributed by atoms with van der Waals surface area (Å²) < 4.78 is 40.4. The topological polar surface area (TPSA) is 104 Å². The first-order valence-corrected chi connectivity index (χ1v) is 8.83. The molecule has 7 nitrogen and oxygen atoms in total. The van der Waals surface area contributed by atoms with Gasteiger partial charge in [-0.05, 0) is 36.4 Å². The lowest BCUT2D eigenvalue weighted by molar-refractivity contribution is -0.119. The lowest BCUT2D eigenvalue weighted by Crippen LogP contribution is -2.20. The van der Waals surface area contributed by atoms with E-state index in [-0.39, 0.29) is 22.9 Å². The molecule has 0 atom stereocenters. The number of nitrogens with one attached hydrogen (secondary N) is 3. The zero-order valence-corrected chi connectivity index (χ0v) is 14.0. The van der Waals surface area contributed by atoms with Gasteiger partial charge in [-0.15, -0.1) is 0 Å². The Hall–Kier alpha value is -2.94. The van der Waals surface area contributed by atoms with Crippen molar-refractivity contribution in [3.63, 3.8) is 0 Å².